The summed E-state index contributed by atoms with van der Waals surface area (Å²) >= 11 is 0. The Bertz CT molecular complexity index is 433. The third-order valence-electron chi connectivity index (χ3n) is 2.22. The predicted molar refractivity (Wildman–Crippen MR) is 56.0 cm³/mol. The molecule has 0 radical (unpaired) electrons. The maximum absolute atomic E-state index is 5.45. The zero-order chi connectivity index (χ0) is 9.97. The maximum atomic E-state index is 5.45. The molecule has 14 heavy (non-hydrogen) atoms. The van der Waals surface area contributed by atoms with Crippen LogP contribution in [0, 0.1) is 0 Å². The second kappa shape index (κ2) is 3.75. The van der Waals surface area contributed by atoms with Crippen LogP contribution in [0.25, 0.3) is 11.0 Å². The van der Waals surface area contributed by atoms with Crippen LogP contribution in [-0.2, 0) is 12.8 Å². The van der Waals surface area contributed by atoms with Crippen LogP contribution in [0.15, 0.2) is 12.3 Å². The van der Waals surface area contributed by atoms with Gasteiger partial charge in [0.2, 0.25) is 0 Å². The molecule has 0 bridgehead atoms. The number of fused-ring (bicyclic) bond motifs is 1. The van der Waals surface area contributed by atoms with Crippen molar-refractivity contribution in [2.45, 2.75) is 19.8 Å². The lowest BCUT2D eigenvalue weighted by atomic mass is 10.3. The number of nitrogens with zero attached hydrogens (tertiary/aromatic N) is 2. The van der Waals surface area contributed by atoms with Crippen molar-refractivity contribution in [2.24, 2.45) is 5.73 Å². The van der Waals surface area contributed by atoms with Crippen molar-refractivity contribution in [2.75, 3.05) is 6.54 Å². The Balaban J connectivity index is 2.43. The molecule has 0 fully saturated rings. The summed E-state index contributed by atoms with van der Waals surface area (Å²) in [6.07, 6.45) is 3.57. The van der Waals surface area contributed by atoms with Gasteiger partial charge < -0.3 is 10.7 Å². The molecule has 74 valence electrons. The van der Waals surface area contributed by atoms with E-state index >= 15 is 0 Å². The third kappa shape index (κ3) is 1.61. The van der Waals surface area contributed by atoms with Crippen LogP contribution >= 0.6 is 0 Å². The lowest BCUT2D eigenvalue weighted by molar-refractivity contribution is 0.876. The van der Waals surface area contributed by atoms with Crippen LogP contribution in [0.4, 0.5) is 0 Å². The van der Waals surface area contributed by atoms with Crippen molar-refractivity contribution < 1.29 is 0 Å². The fourth-order valence-corrected chi connectivity index (χ4v) is 1.45. The normalized spacial score (nSPS) is 11.0. The zero-order valence-corrected chi connectivity index (χ0v) is 8.25. The highest BCUT2D eigenvalue weighted by atomic mass is 14.9. The summed E-state index contributed by atoms with van der Waals surface area (Å²) < 4.78 is 0. The van der Waals surface area contributed by atoms with Gasteiger partial charge >= 0.3 is 0 Å². The quantitative estimate of drug-likeness (QED) is 0.759. The average Bonchev–Trinajstić information content (AvgIpc) is 2.60. The number of nitrogens with one attached hydrogen (secondary N) is 1. The van der Waals surface area contributed by atoms with Crippen molar-refractivity contribution in [1.82, 2.24) is 15.0 Å². The Morgan fingerprint density at radius 2 is 2.36 bits per heavy atom. The molecule has 0 aliphatic rings. The van der Waals surface area contributed by atoms with E-state index in [-0.39, 0.29) is 0 Å². The average molecular weight is 190 g/mol. The molecule has 3 N–H and O–H groups in total. The first-order valence-electron chi connectivity index (χ1n) is 4.87. The van der Waals surface area contributed by atoms with Gasteiger partial charge in [-0.05, 0) is 19.0 Å². The van der Waals surface area contributed by atoms with E-state index in [1.54, 1.807) is 0 Å². The minimum Gasteiger partial charge on any atom is -0.343 e. The van der Waals surface area contributed by atoms with Crippen LogP contribution in [0.1, 0.15) is 18.4 Å². The number of hydrogen-bond donors (Lipinski definition) is 2. The van der Waals surface area contributed by atoms with E-state index in [9.17, 15) is 0 Å². The molecule has 0 saturated heterocycles. The Kier molecular flexibility index (Phi) is 2.45. The highest BCUT2D eigenvalue weighted by Gasteiger charge is 2.02. The van der Waals surface area contributed by atoms with Gasteiger partial charge in [-0.2, -0.15) is 0 Å². The molecule has 0 saturated carbocycles. The molecule has 0 amide bonds. The summed E-state index contributed by atoms with van der Waals surface area (Å²) in [6.45, 7) is 2.70. The minimum atomic E-state index is 0.590. The highest BCUT2D eigenvalue weighted by Crippen LogP contribution is 2.12. The molecule has 2 heterocycles. The molecule has 2 aromatic heterocycles. The molecule has 2 rings (SSSR count). The van der Waals surface area contributed by atoms with Crippen LogP contribution in [-0.4, -0.2) is 21.5 Å². The van der Waals surface area contributed by atoms with Gasteiger partial charge in [-0.15, -0.1) is 0 Å². The largest absolute Gasteiger partial charge is 0.343 e. The van der Waals surface area contributed by atoms with Crippen LogP contribution in [0.2, 0.25) is 0 Å². The lowest BCUT2D eigenvalue weighted by Crippen LogP contribution is -2.06. The molecule has 0 atom stereocenters. The number of aryl methyl sites for hydroxylation is 1. The van der Waals surface area contributed by atoms with Gasteiger partial charge in [0, 0.05) is 23.7 Å². The van der Waals surface area contributed by atoms with E-state index < -0.39 is 0 Å². The van der Waals surface area contributed by atoms with Crippen molar-refractivity contribution in [3.63, 3.8) is 0 Å². The molecule has 0 aliphatic heterocycles. The number of aromatic amines is 1. The molecular weight excluding hydrogens is 176 g/mol. The van der Waals surface area contributed by atoms with Crippen LogP contribution in [0.5, 0.6) is 0 Å². The first-order chi connectivity index (χ1) is 6.83. The van der Waals surface area contributed by atoms with E-state index in [0.717, 1.165) is 29.7 Å². The van der Waals surface area contributed by atoms with Gasteiger partial charge in [-0.3, -0.25) is 0 Å². The molecule has 0 unspecified atom stereocenters. The Morgan fingerprint density at radius 3 is 3.07 bits per heavy atom. The van der Waals surface area contributed by atoms with Crippen molar-refractivity contribution >= 4 is 11.0 Å². The molecule has 0 aromatic carbocycles. The first kappa shape index (κ1) is 9.15. The molecular formula is C10H14N4. The summed E-state index contributed by atoms with van der Waals surface area (Å²) in [5.74, 6) is 0.810. The van der Waals surface area contributed by atoms with Crippen molar-refractivity contribution in [1.29, 1.82) is 0 Å². The number of nitrogens with two attached hydrogens (primary N) is 1. The van der Waals surface area contributed by atoms with E-state index in [2.05, 4.69) is 27.9 Å². The number of H-pyrrole nitrogens is 1. The Labute approximate surface area is 82.6 Å². The summed E-state index contributed by atoms with van der Waals surface area (Å²) in [5.41, 5.74) is 7.56. The molecule has 4 nitrogen and oxygen atoms in total. The van der Waals surface area contributed by atoms with E-state index in [1.165, 1.54) is 5.69 Å². The van der Waals surface area contributed by atoms with E-state index in [4.69, 9.17) is 5.73 Å². The van der Waals surface area contributed by atoms with Crippen molar-refractivity contribution in [3.05, 3.63) is 23.8 Å². The molecule has 2 aromatic rings. The summed E-state index contributed by atoms with van der Waals surface area (Å²) in [6, 6.07) is 2.08. The van der Waals surface area contributed by atoms with Gasteiger partial charge in [-0.1, -0.05) is 6.92 Å². The first-order valence-corrected chi connectivity index (χ1v) is 4.87. The van der Waals surface area contributed by atoms with Crippen LogP contribution < -0.4 is 5.73 Å². The van der Waals surface area contributed by atoms with Gasteiger partial charge in [0.25, 0.3) is 0 Å². The van der Waals surface area contributed by atoms with Gasteiger partial charge in [0.1, 0.15) is 11.5 Å². The number of rotatable bonds is 3. The van der Waals surface area contributed by atoms with E-state index in [1.807, 2.05) is 6.20 Å². The predicted octanol–water partition coefficient (Wildman–Crippen LogP) is 1.02. The number of aromatic nitrogens is 3. The smallest absolute Gasteiger partial charge is 0.141 e. The summed E-state index contributed by atoms with van der Waals surface area (Å²) in [7, 11) is 0. The van der Waals surface area contributed by atoms with Gasteiger partial charge in [0.05, 0.1) is 0 Å². The molecule has 0 aliphatic carbocycles. The second-order valence-corrected chi connectivity index (χ2v) is 3.28. The Morgan fingerprint density at radius 1 is 1.50 bits per heavy atom. The summed E-state index contributed by atoms with van der Waals surface area (Å²) in [4.78, 5) is 11.9. The topological polar surface area (TPSA) is 67.6 Å². The fraction of sp³-hybridized carbons (Fsp3) is 0.400. The Hall–Kier alpha value is -1.42. The zero-order valence-electron chi connectivity index (χ0n) is 8.25. The van der Waals surface area contributed by atoms with Crippen molar-refractivity contribution in [3.8, 4) is 0 Å². The highest BCUT2D eigenvalue weighted by molar-refractivity contribution is 5.75. The van der Waals surface area contributed by atoms with Crippen LogP contribution in [0.3, 0.4) is 0 Å². The van der Waals surface area contributed by atoms with E-state index in [0.29, 0.717) is 6.54 Å². The fourth-order valence-electron chi connectivity index (χ4n) is 1.45. The molecule has 4 heteroatoms. The lowest BCUT2D eigenvalue weighted by Gasteiger charge is -1.95. The standard InChI is InChI=1S/C10H14N4/c1-2-8-5-7-6-12-9(3-4-11)14-10(7)13-8/h5-6H,2-4,11H2,1H3,(H,12,13,14). The summed E-state index contributed by atoms with van der Waals surface area (Å²) in [5, 5.41) is 1.07. The minimum absolute atomic E-state index is 0.590. The SMILES string of the molecule is CCc1cc2cnc(CCN)nc2[nH]1. The monoisotopic (exact) mass is 190 g/mol. The van der Waals surface area contributed by atoms with Gasteiger partial charge in [-0.25, -0.2) is 9.97 Å². The van der Waals surface area contributed by atoms with Gasteiger partial charge in [0.15, 0.2) is 0 Å². The molecule has 0 spiro atoms. The second-order valence-electron chi connectivity index (χ2n) is 3.28. The third-order valence-corrected chi connectivity index (χ3v) is 2.22. The number of hydrogen-bond acceptors (Lipinski definition) is 3. The maximum Gasteiger partial charge on any atom is 0.141 e.